The molecule has 0 saturated heterocycles. The predicted molar refractivity (Wildman–Crippen MR) is 103 cm³/mol. The Hall–Kier alpha value is -1.03. The van der Waals surface area contributed by atoms with E-state index in [1.807, 2.05) is 24.3 Å². The molecule has 2 aromatic rings. The van der Waals surface area contributed by atoms with Gasteiger partial charge in [0.2, 0.25) is 0 Å². The van der Waals surface area contributed by atoms with Crippen molar-refractivity contribution in [1.82, 2.24) is 5.32 Å². The molecule has 4 heteroatoms. The van der Waals surface area contributed by atoms with Gasteiger partial charge in [-0.05, 0) is 59.5 Å². The van der Waals surface area contributed by atoms with Gasteiger partial charge in [0, 0.05) is 12.1 Å². The second-order valence-corrected chi connectivity index (χ2v) is 6.98. The maximum atomic E-state index is 5.88. The molecule has 0 bridgehead atoms. The molecular weight excluding hydrogens is 374 g/mol. The minimum atomic E-state index is 0. The summed E-state index contributed by atoms with van der Waals surface area (Å²) in [6.07, 6.45) is 1.10. The van der Waals surface area contributed by atoms with Gasteiger partial charge in [0.05, 0.1) is 4.47 Å². The van der Waals surface area contributed by atoms with Crippen LogP contribution in [0.15, 0.2) is 53.0 Å². The maximum absolute atomic E-state index is 5.88. The minimum Gasteiger partial charge on any atom is -0.488 e. The second-order valence-electron chi connectivity index (χ2n) is 6.13. The number of ether oxygens (including phenoxy) is 1. The van der Waals surface area contributed by atoms with Gasteiger partial charge < -0.3 is 10.1 Å². The molecule has 0 aliphatic rings. The van der Waals surface area contributed by atoms with Gasteiger partial charge in [-0.3, -0.25) is 0 Å². The molecule has 0 aliphatic carbocycles. The molecule has 2 rings (SSSR count). The van der Waals surface area contributed by atoms with E-state index in [1.54, 1.807) is 0 Å². The van der Waals surface area contributed by atoms with Crippen LogP contribution >= 0.6 is 28.3 Å². The fraction of sp³-hybridized carbons (Fsp3) is 0.368. The number of hydrogen-bond donors (Lipinski definition) is 1. The number of benzene rings is 2. The highest BCUT2D eigenvalue weighted by molar-refractivity contribution is 9.10. The van der Waals surface area contributed by atoms with Gasteiger partial charge in [-0.25, -0.2) is 0 Å². The quantitative estimate of drug-likeness (QED) is 0.643. The third-order valence-corrected chi connectivity index (χ3v) is 4.51. The molecule has 0 aromatic heterocycles. The molecule has 0 unspecified atom stereocenters. The highest BCUT2D eigenvalue weighted by atomic mass is 79.9. The number of hydrogen-bond acceptors (Lipinski definition) is 2. The largest absolute Gasteiger partial charge is 0.488 e. The van der Waals surface area contributed by atoms with Gasteiger partial charge in [0.25, 0.3) is 0 Å². The molecule has 23 heavy (non-hydrogen) atoms. The summed E-state index contributed by atoms with van der Waals surface area (Å²) in [4.78, 5) is 0. The van der Waals surface area contributed by atoms with Crippen molar-refractivity contribution >= 4 is 28.3 Å². The smallest absolute Gasteiger partial charge is 0.134 e. The summed E-state index contributed by atoms with van der Waals surface area (Å²) in [5.74, 6) is 0.877. The van der Waals surface area contributed by atoms with Gasteiger partial charge in [-0.1, -0.05) is 43.3 Å². The zero-order valence-electron chi connectivity index (χ0n) is 13.9. The van der Waals surface area contributed by atoms with E-state index in [-0.39, 0.29) is 17.9 Å². The monoisotopic (exact) mass is 397 g/mol. The van der Waals surface area contributed by atoms with Crippen LogP contribution in [0.2, 0.25) is 0 Å². The Kier molecular flexibility index (Phi) is 8.10. The van der Waals surface area contributed by atoms with E-state index in [2.05, 4.69) is 66.3 Å². The van der Waals surface area contributed by atoms with Crippen LogP contribution in [0, 0.1) is 0 Å². The molecular formula is C19H25BrClNO. The van der Waals surface area contributed by atoms with Crippen molar-refractivity contribution < 1.29 is 4.74 Å². The Labute approximate surface area is 154 Å². The number of halogens is 2. The molecule has 126 valence electrons. The summed E-state index contributed by atoms with van der Waals surface area (Å²) >= 11 is 3.61. The summed E-state index contributed by atoms with van der Waals surface area (Å²) in [6, 6.07) is 16.5. The topological polar surface area (TPSA) is 21.3 Å². The molecule has 0 heterocycles. The first kappa shape index (κ1) is 20.0. The third-order valence-electron chi connectivity index (χ3n) is 3.89. The number of nitrogens with one attached hydrogen (secondary N) is 1. The van der Waals surface area contributed by atoms with Crippen LogP contribution < -0.4 is 10.1 Å². The van der Waals surface area contributed by atoms with Gasteiger partial charge in [0.15, 0.2) is 0 Å². The lowest BCUT2D eigenvalue weighted by Gasteiger charge is -2.24. The Bertz CT molecular complexity index is 602. The standard InChI is InChI=1S/C19H24BrNO.ClH/c1-4-19(2,3)21-13-16-10-11-18(17(20)12-16)22-14-15-8-6-5-7-9-15;/h5-12,21H,4,13-14H2,1-3H3;1H. The van der Waals surface area contributed by atoms with E-state index in [9.17, 15) is 0 Å². The molecule has 2 aromatic carbocycles. The number of rotatable bonds is 7. The van der Waals surface area contributed by atoms with E-state index in [0.717, 1.165) is 23.2 Å². The van der Waals surface area contributed by atoms with Gasteiger partial charge in [-0.2, -0.15) is 0 Å². The van der Waals surface area contributed by atoms with Crippen molar-refractivity contribution in [3.8, 4) is 5.75 Å². The SMILES string of the molecule is CCC(C)(C)NCc1ccc(OCc2ccccc2)c(Br)c1.Cl. The Morgan fingerprint density at radius 3 is 2.35 bits per heavy atom. The Morgan fingerprint density at radius 2 is 1.74 bits per heavy atom. The first-order chi connectivity index (χ1) is 10.5. The molecule has 0 fully saturated rings. The van der Waals surface area contributed by atoms with Crippen LogP contribution in [0.3, 0.4) is 0 Å². The van der Waals surface area contributed by atoms with Crippen molar-refractivity contribution in [2.24, 2.45) is 0 Å². The first-order valence-corrected chi connectivity index (χ1v) is 8.49. The van der Waals surface area contributed by atoms with Crippen LogP contribution in [-0.4, -0.2) is 5.54 Å². The summed E-state index contributed by atoms with van der Waals surface area (Å²) in [7, 11) is 0. The van der Waals surface area contributed by atoms with Crippen LogP contribution in [0.1, 0.15) is 38.3 Å². The van der Waals surface area contributed by atoms with Crippen molar-refractivity contribution in [2.45, 2.75) is 45.9 Å². The fourth-order valence-electron chi connectivity index (χ4n) is 1.97. The Balaban J connectivity index is 0.00000264. The average molecular weight is 399 g/mol. The fourth-order valence-corrected chi connectivity index (χ4v) is 2.51. The molecule has 0 aliphatic heterocycles. The van der Waals surface area contributed by atoms with E-state index < -0.39 is 0 Å². The van der Waals surface area contributed by atoms with Crippen molar-refractivity contribution in [3.63, 3.8) is 0 Å². The summed E-state index contributed by atoms with van der Waals surface area (Å²) in [6.45, 7) is 8.08. The van der Waals surface area contributed by atoms with Crippen LogP contribution in [0.4, 0.5) is 0 Å². The van der Waals surface area contributed by atoms with Crippen LogP contribution in [-0.2, 0) is 13.2 Å². The van der Waals surface area contributed by atoms with Crippen molar-refractivity contribution in [1.29, 1.82) is 0 Å². The highest BCUT2D eigenvalue weighted by Crippen LogP contribution is 2.27. The van der Waals surface area contributed by atoms with E-state index in [4.69, 9.17) is 4.74 Å². The van der Waals surface area contributed by atoms with Gasteiger partial charge >= 0.3 is 0 Å². The molecule has 1 N–H and O–H groups in total. The lowest BCUT2D eigenvalue weighted by Crippen LogP contribution is -2.37. The molecule has 0 radical (unpaired) electrons. The van der Waals surface area contributed by atoms with E-state index in [0.29, 0.717) is 6.61 Å². The predicted octanol–water partition coefficient (Wildman–Crippen LogP) is 5.73. The summed E-state index contributed by atoms with van der Waals surface area (Å²) < 4.78 is 6.87. The van der Waals surface area contributed by atoms with Crippen molar-refractivity contribution in [2.75, 3.05) is 0 Å². The van der Waals surface area contributed by atoms with Crippen LogP contribution in [0.5, 0.6) is 5.75 Å². The lowest BCUT2D eigenvalue weighted by molar-refractivity contribution is 0.304. The normalized spacial score (nSPS) is 11.0. The summed E-state index contributed by atoms with van der Waals surface area (Å²) in [5, 5.41) is 3.57. The molecule has 0 amide bonds. The zero-order valence-corrected chi connectivity index (χ0v) is 16.3. The van der Waals surface area contributed by atoms with Crippen molar-refractivity contribution in [3.05, 3.63) is 64.1 Å². The van der Waals surface area contributed by atoms with Gasteiger partial charge in [-0.15, -0.1) is 12.4 Å². The maximum Gasteiger partial charge on any atom is 0.134 e. The molecule has 2 nitrogen and oxygen atoms in total. The average Bonchev–Trinajstić information content (AvgIpc) is 2.53. The minimum absolute atomic E-state index is 0. The highest BCUT2D eigenvalue weighted by Gasteiger charge is 2.13. The Morgan fingerprint density at radius 1 is 1.04 bits per heavy atom. The van der Waals surface area contributed by atoms with Gasteiger partial charge in [0.1, 0.15) is 12.4 Å². The third kappa shape index (κ3) is 6.54. The lowest BCUT2D eigenvalue weighted by atomic mass is 10.0. The molecule has 0 spiro atoms. The van der Waals surface area contributed by atoms with E-state index in [1.165, 1.54) is 11.1 Å². The first-order valence-electron chi connectivity index (χ1n) is 7.70. The van der Waals surface area contributed by atoms with E-state index >= 15 is 0 Å². The van der Waals surface area contributed by atoms with Crippen LogP contribution in [0.25, 0.3) is 0 Å². The summed E-state index contributed by atoms with van der Waals surface area (Å²) in [5.41, 5.74) is 2.58. The second kappa shape index (κ2) is 9.31. The zero-order chi connectivity index (χ0) is 16.0. The molecule has 0 atom stereocenters. The molecule has 0 saturated carbocycles.